The molecule has 1 aromatic heterocycles. The molecule has 4 nitrogen and oxygen atoms in total. The minimum absolute atomic E-state index is 0.321. The normalized spacial score (nSPS) is 21.8. The Bertz CT molecular complexity index is 657. The SMILES string of the molecule is Cn1cnnc1[C@H](c1cccc(Br)c1)C1CC2(COC2)C1. The molecule has 2 aromatic rings. The van der Waals surface area contributed by atoms with Gasteiger partial charge < -0.3 is 9.30 Å². The predicted octanol–water partition coefficient (Wildman–Crippen LogP) is 3.14. The number of hydrogen-bond donors (Lipinski definition) is 0. The van der Waals surface area contributed by atoms with E-state index < -0.39 is 0 Å². The number of aryl methyl sites for hydroxylation is 1. The van der Waals surface area contributed by atoms with Crippen molar-refractivity contribution in [2.45, 2.75) is 18.8 Å². The van der Waals surface area contributed by atoms with Gasteiger partial charge in [-0.15, -0.1) is 10.2 Å². The summed E-state index contributed by atoms with van der Waals surface area (Å²) in [5, 5.41) is 8.46. The van der Waals surface area contributed by atoms with Gasteiger partial charge in [0.05, 0.1) is 13.2 Å². The molecular formula is C16H18BrN3O. The first kappa shape index (κ1) is 13.5. The molecule has 5 heteroatoms. The largest absolute Gasteiger partial charge is 0.380 e. The molecule has 1 aliphatic heterocycles. The Labute approximate surface area is 132 Å². The lowest BCUT2D eigenvalue weighted by molar-refractivity contribution is -0.181. The van der Waals surface area contributed by atoms with Crippen molar-refractivity contribution in [3.63, 3.8) is 0 Å². The zero-order valence-corrected chi connectivity index (χ0v) is 13.6. The van der Waals surface area contributed by atoms with Gasteiger partial charge in [-0.25, -0.2) is 0 Å². The summed E-state index contributed by atoms with van der Waals surface area (Å²) in [5.41, 5.74) is 1.79. The highest BCUT2D eigenvalue weighted by Gasteiger charge is 2.52. The third-order valence-electron chi connectivity index (χ3n) is 4.91. The van der Waals surface area contributed by atoms with Crippen LogP contribution in [0.1, 0.15) is 30.1 Å². The van der Waals surface area contributed by atoms with E-state index in [-0.39, 0.29) is 0 Å². The van der Waals surface area contributed by atoms with Crippen molar-refractivity contribution in [1.82, 2.24) is 14.8 Å². The summed E-state index contributed by atoms with van der Waals surface area (Å²) in [5.74, 6) is 2.01. The number of hydrogen-bond acceptors (Lipinski definition) is 3. The molecule has 0 unspecified atom stereocenters. The third kappa shape index (κ3) is 2.23. The molecule has 1 saturated carbocycles. The van der Waals surface area contributed by atoms with Crippen LogP contribution in [0.2, 0.25) is 0 Å². The molecule has 1 atom stereocenters. The summed E-state index contributed by atoms with van der Waals surface area (Å²) in [7, 11) is 2.03. The van der Waals surface area contributed by atoms with Crippen molar-refractivity contribution in [2.24, 2.45) is 18.4 Å². The summed E-state index contributed by atoms with van der Waals surface area (Å²) in [6.07, 6.45) is 4.26. The maximum Gasteiger partial charge on any atom is 0.140 e. The minimum Gasteiger partial charge on any atom is -0.380 e. The zero-order chi connectivity index (χ0) is 14.4. The molecule has 0 N–H and O–H groups in total. The number of benzene rings is 1. The van der Waals surface area contributed by atoms with Gasteiger partial charge in [0.15, 0.2) is 0 Å². The van der Waals surface area contributed by atoms with Crippen LogP contribution in [0.15, 0.2) is 35.1 Å². The monoisotopic (exact) mass is 347 g/mol. The van der Waals surface area contributed by atoms with E-state index in [2.05, 4.69) is 50.4 Å². The zero-order valence-electron chi connectivity index (χ0n) is 12.0. The molecule has 110 valence electrons. The van der Waals surface area contributed by atoms with Crippen molar-refractivity contribution in [3.8, 4) is 0 Å². The summed E-state index contributed by atoms with van der Waals surface area (Å²) >= 11 is 3.59. The number of halogens is 1. The van der Waals surface area contributed by atoms with Crippen molar-refractivity contribution in [1.29, 1.82) is 0 Å². The van der Waals surface area contributed by atoms with Crippen molar-refractivity contribution >= 4 is 15.9 Å². The van der Waals surface area contributed by atoms with Crippen LogP contribution < -0.4 is 0 Å². The maximum absolute atomic E-state index is 5.41. The Hall–Kier alpha value is -1.20. The molecule has 2 fully saturated rings. The highest BCUT2D eigenvalue weighted by molar-refractivity contribution is 9.10. The molecule has 2 aliphatic rings. The van der Waals surface area contributed by atoms with E-state index in [9.17, 15) is 0 Å². The van der Waals surface area contributed by atoms with Crippen LogP contribution in [0.4, 0.5) is 0 Å². The van der Waals surface area contributed by atoms with Crippen molar-refractivity contribution in [3.05, 3.63) is 46.5 Å². The molecule has 0 bridgehead atoms. The quantitative estimate of drug-likeness (QED) is 0.856. The molecule has 4 rings (SSSR count). The van der Waals surface area contributed by atoms with Crippen LogP contribution in [0.25, 0.3) is 0 Å². The standard InChI is InChI=1S/C16H18BrN3O/c1-20-10-18-19-15(20)14(11-3-2-4-13(17)5-11)12-6-16(7-12)8-21-9-16/h2-5,10,12,14H,6-9H2,1H3/t14-/m1/s1. The Morgan fingerprint density at radius 3 is 2.76 bits per heavy atom. The predicted molar refractivity (Wildman–Crippen MR) is 83.0 cm³/mol. The third-order valence-corrected chi connectivity index (χ3v) is 5.40. The van der Waals surface area contributed by atoms with Gasteiger partial charge in [0.1, 0.15) is 12.2 Å². The lowest BCUT2D eigenvalue weighted by atomic mass is 9.56. The molecule has 1 spiro atoms. The molecule has 0 radical (unpaired) electrons. The van der Waals surface area contributed by atoms with E-state index in [1.165, 1.54) is 18.4 Å². The first-order valence-corrected chi connectivity index (χ1v) is 8.13. The number of rotatable bonds is 3. The highest BCUT2D eigenvalue weighted by atomic mass is 79.9. The highest BCUT2D eigenvalue weighted by Crippen LogP contribution is 2.56. The van der Waals surface area contributed by atoms with E-state index in [0.717, 1.165) is 23.5 Å². The Morgan fingerprint density at radius 2 is 2.19 bits per heavy atom. The van der Waals surface area contributed by atoms with Gasteiger partial charge in [0.25, 0.3) is 0 Å². The number of aromatic nitrogens is 3. The lowest BCUT2D eigenvalue weighted by Gasteiger charge is -2.55. The Balaban J connectivity index is 1.68. The van der Waals surface area contributed by atoms with Crippen LogP contribution in [0, 0.1) is 11.3 Å². The maximum atomic E-state index is 5.41. The Kier molecular flexibility index (Phi) is 3.15. The van der Waals surface area contributed by atoms with Crippen molar-refractivity contribution in [2.75, 3.05) is 13.2 Å². The molecule has 1 aromatic carbocycles. The second-order valence-electron chi connectivity index (χ2n) is 6.49. The fourth-order valence-corrected chi connectivity index (χ4v) is 4.24. The lowest BCUT2D eigenvalue weighted by Crippen LogP contribution is -2.53. The number of ether oxygens (including phenoxy) is 1. The van der Waals surface area contributed by atoms with E-state index in [1.807, 2.05) is 11.6 Å². The van der Waals surface area contributed by atoms with Gasteiger partial charge in [-0.1, -0.05) is 28.1 Å². The summed E-state index contributed by atoms with van der Waals surface area (Å²) in [6.45, 7) is 1.88. The van der Waals surface area contributed by atoms with Gasteiger partial charge in [-0.2, -0.15) is 0 Å². The molecule has 1 saturated heterocycles. The van der Waals surface area contributed by atoms with Gasteiger partial charge in [0.2, 0.25) is 0 Å². The topological polar surface area (TPSA) is 39.9 Å². The second kappa shape index (κ2) is 4.92. The van der Waals surface area contributed by atoms with Gasteiger partial charge in [-0.3, -0.25) is 0 Å². The van der Waals surface area contributed by atoms with Gasteiger partial charge in [0, 0.05) is 22.9 Å². The first-order valence-electron chi connectivity index (χ1n) is 7.34. The molecule has 1 aliphatic carbocycles. The smallest absolute Gasteiger partial charge is 0.140 e. The molecule has 2 heterocycles. The van der Waals surface area contributed by atoms with Crippen molar-refractivity contribution < 1.29 is 4.74 Å². The fourth-order valence-electron chi connectivity index (χ4n) is 3.82. The van der Waals surface area contributed by atoms with Crippen LogP contribution in [0.5, 0.6) is 0 Å². The van der Waals surface area contributed by atoms with E-state index >= 15 is 0 Å². The first-order chi connectivity index (χ1) is 10.2. The van der Waals surface area contributed by atoms with Crippen LogP contribution in [-0.4, -0.2) is 28.0 Å². The second-order valence-corrected chi connectivity index (χ2v) is 7.41. The van der Waals surface area contributed by atoms with Crippen LogP contribution in [0.3, 0.4) is 0 Å². The average molecular weight is 348 g/mol. The Morgan fingerprint density at radius 1 is 1.38 bits per heavy atom. The molecular weight excluding hydrogens is 330 g/mol. The molecule has 21 heavy (non-hydrogen) atoms. The summed E-state index contributed by atoms with van der Waals surface area (Å²) in [6, 6.07) is 8.58. The van der Waals surface area contributed by atoms with Crippen LogP contribution in [-0.2, 0) is 11.8 Å². The van der Waals surface area contributed by atoms with Crippen LogP contribution >= 0.6 is 15.9 Å². The summed E-state index contributed by atoms with van der Waals surface area (Å²) in [4.78, 5) is 0. The van der Waals surface area contributed by atoms with Gasteiger partial charge >= 0.3 is 0 Å². The van der Waals surface area contributed by atoms with E-state index in [1.54, 1.807) is 6.33 Å². The minimum atomic E-state index is 0.321. The molecule has 0 amide bonds. The number of nitrogens with zero attached hydrogens (tertiary/aromatic N) is 3. The average Bonchev–Trinajstić information content (AvgIpc) is 2.77. The fraction of sp³-hybridized carbons (Fsp3) is 0.500. The van der Waals surface area contributed by atoms with Gasteiger partial charge in [-0.05, 0) is 36.5 Å². The van der Waals surface area contributed by atoms with E-state index in [4.69, 9.17) is 4.74 Å². The summed E-state index contributed by atoms with van der Waals surface area (Å²) < 4.78 is 8.57. The van der Waals surface area contributed by atoms with E-state index in [0.29, 0.717) is 17.3 Å².